The molecule has 0 saturated carbocycles. The van der Waals surface area contributed by atoms with Gasteiger partial charge in [-0.25, -0.2) is 9.78 Å². The first kappa shape index (κ1) is 15.0. The highest BCUT2D eigenvalue weighted by atomic mass is 32.1. The minimum atomic E-state index is -4.73. The summed E-state index contributed by atoms with van der Waals surface area (Å²) in [6.45, 7) is 0. The molecule has 104 valence electrons. The highest BCUT2D eigenvalue weighted by Crippen LogP contribution is 2.35. The molecule has 0 aliphatic carbocycles. The number of nitrogens with two attached hydrogens (primary N) is 1. The van der Waals surface area contributed by atoms with Gasteiger partial charge < -0.3 is 16.2 Å². The highest BCUT2D eigenvalue weighted by Gasteiger charge is 2.35. The van der Waals surface area contributed by atoms with E-state index < -0.39 is 23.7 Å². The number of alkyl halides is 3. The standard InChI is InChI=1S/C9H9F3N4O2S/c1-16(8(17)18)4-2-5(9(10,11)12)6(14-3-4)15-7(13)19/h2-3H,1H3,(H,17,18)(H3,13,14,15,19). The maximum absolute atomic E-state index is 12.8. The fourth-order valence-electron chi connectivity index (χ4n) is 1.18. The lowest BCUT2D eigenvalue weighted by Gasteiger charge is -2.17. The Morgan fingerprint density at radius 3 is 2.58 bits per heavy atom. The number of thiocarbonyl (C=S) groups is 1. The molecule has 1 amide bonds. The van der Waals surface area contributed by atoms with E-state index in [-0.39, 0.29) is 10.8 Å². The Labute approximate surface area is 111 Å². The fourth-order valence-corrected chi connectivity index (χ4v) is 1.28. The van der Waals surface area contributed by atoms with Crippen LogP contribution in [0, 0.1) is 0 Å². The first-order valence-corrected chi connectivity index (χ1v) is 5.14. The van der Waals surface area contributed by atoms with E-state index in [1.54, 1.807) is 0 Å². The van der Waals surface area contributed by atoms with Crippen LogP contribution in [0.4, 0.5) is 29.5 Å². The van der Waals surface area contributed by atoms with Crippen molar-refractivity contribution in [3.05, 3.63) is 17.8 Å². The van der Waals surface area contributed by atoms with Crippen molar-refractivity contribution in [2.75, 3.05) is 17.3 Å². The third kappa shape index (κ3) is 3.68. The van der Waals surface area contributed by atoms with Gasteiger partial charge in [0.05, 0.1) is 11.9 Å². The zero-order valence-electron chi connectivity index (χ0n) is 9.52. The van der Waals surface area contributed by atoms with Crippen LogP contribution in [-0.2, 0) is 6.18 Å². The van der Waals surface area contributed by atoms with Gasteiger partial charge >= 0.3 is 12.3 Å². The molecule has 0 aliphatic rings. The molecule has 1 aromatic heterocycles. The van der Waals surface area contributed by atoms with Gasteiger partial charge in [-0.2, -0.15) is 13.2 Å². The van der Waals surface area contributed by atoms with Gasteiger partial charge in [0.25, 0.3) is 0 Å². The van der Waals surface area contributed by atoms with Crippen molar-refractivity contribution in [3.63, 3.8) is 0 Å². The zero-order chi connectivity index (χ0) is 14.8. The normalized spacial score (nSPS) is 10.9. The largest absolute Gasteiger partial charge is 0.465 e. The van der Waals surface area contributed by atoms with E-state index in [1.807, 2.05) is 0 Å². The number of rotatable bonds is 2. The van der Waals surface area contributed by atoms with Gasteiger partial charge in [-0.3, -0.25) is 4.90 Å². The highest BCUT2D eigenvalue weighted by molar-refractivity contribution is 7.80. The number of halogens is 3. The van der Waals surface area contributed by atoms with Crippen molar-refractivity contribution >= 4 is 34.9 Å². The molecule has 0 bridgehead atoms. The number of hydrogen-bond acceptors (Lipinski definition) is 3. The van der Waals surface area contributed by atoms with Crippen molar-refractivity contribution in [3.8, 4) is 0 Å². The number of anilines is 2. The molecule has 1 rings (SSSR count). The van der Waals surface area contributed by atoms with Gasteiger partial charge in [-0.05, 0) is 18.3 Å². The quantitative estimate of drug-likeness (QED) is 0.721. The van der Waals surface area contributed by atoms with E-state index in [1.165, 1.54) is 0 Å². The lowest BCUT2D eigenvalue weighted by Crippen LogP contribution is -2.26. The molecule has 1 heterocycles. The van der Waals surface area contributed by atoms with Gasteiger partial charge in [-0.15, -0.1) is 0 Å². The summed E-state index contributed by atoms with van der Waals surface area (Å²) in [4.78, 5) is 14.8. The van der Waals surface area contributed by atoms with E-state index in [0.717, 1.165) is 13.2 Å². The molecule has 0 fully saturated rings. The average molecular weight is 294 g/mol. The summed E-state index contributed by atoms with van der Waals surface area (Å²) < 4.78 is 38.4. The number of aromatic nitrogens is 1. The Morgan fingerprint density at radius 1 is 1.58 bits per heavy atom. The third-order valence-corrected chi connectivity index (χ3v) is 2.20. The summed E-state index contributed by atoms with van der Waals surface area (Å²) in [6, 6.07) is 0.641. The molecular formula is C9H9F3N4O2S. The maximum atomic E-state index is 12.8. The van der Waals surface area contributed by atoms with E-state index in [4.69, 9.17) is 10.8 Å². The van der Waals surface area contributed by atoms with Crippen molar-refractivity contribution in [2.24, 2.45) is 5.73 Å². The average Bonchev–Trinajstić information content (AvgIpc) is 2.26. The number of hydrogen-bond donors (Lipinski definition) is 3. The predicted octanol–water partition coefficient (Wildman–Crippen LogP) is 1.87. The summed E-state index contributed by atoms with van der Waals surface area (Å²) in [5, 5.41) is 10.4. The number of pyridine rings is 1. The Bertz CT molecular complexity index is 521. The van der Waals surface area contributed by atoms with Crippen molar-refractivity contribution in [2.45, 2.75) is 6.18 Å². The maximum Gasteiger partial charge on any atom is 0.420 e. The SMILES string of the molecule is CN(C(=O)O)c1cnc(NC(N)=S)c(C(F)(F)F)c1. The summed E-state index contributed by atoms with van der Waals surface area (Å²) in [6.07, 6.45) is -5.18. The second-order valence-corrected chi connectivity index (χ2v) is 3.86. The number of nitrogens with zero attached hydrogens (tertiary/aromatic N) is 2. The Hall–Kier alpha value is -2.10. The lowest BCUT2D eigenvalue weighted by atomic mass is 10.2. The number of nitrogens with one attached hydrogen (secondary N) is 1. The molecule has 0 aliphatic heterocycles. The first-order chi connectivity index (χ1) is 8.62. The molecule has 0 radical (unpaired) electrons. The van der Waals surface area contributed by atoms with Crippen LogP contribution in [0.5, 0.6) is 0 Å². The second kappa shape index (κ2) is 5.26. The summed E-state index contributed by atoms with van der Waals surface area (Å²) in [5.74, 6) is -0.581. The molecule has 0 spiro atoms. The Morgan fingerprint density at radius 2 is 2.16 bits per heavy atom. The molecule has 6 nitrogen and oxygen atoms in total. The molecule has 0 atom stereocenters. The third-order valence-electron chi connectivity index (χ3n) is 2.09. The van der Waals surface area contributed by atoms with Crippen LogP contribution in [0.15, 0.2) is 12.3 Å². The zero-order valence-corrected chi connectivity index (χ0v) is 10.3. The Kier molecular flexibility index (Phi) is 4.14. The number of carbonyl (C=O) groups is 1. The minimum absolute atomic E-state index is 0.228. The van der Waals surface area contributed by atoms with E-state index in [9.17, 15) is 18.0 Å². The van der Waals surface area contributed by atoms with E-state index in [0.29, 0.717) is 11.0 Å². The molecule has 0 unspecified atom stereocenters. The number of amides is 1. The molecule has 0 saturated heterocycles. The van der Waals surface area contributed by atoms with Crippen LogP contribution >= 0.6 is 12.2 Å². The van der Waals surface area contributed by atoms with Crippen LogP contribution in [-0.4, -0.2) is 28.3 Å². The molecule has 0 aromatic carbocycles. The van der Waals surface area contributed by atoms with E-state index >= 15 is 0 Å². The van der Waals surface area contributed by atoms with Gasteiger partial charge in [0.15, 0.2) is 5.11 Å². The smallest absolute Gasteiger partial charge is 0.420 e. The van der Waals surface area contributed by atoms with Crippen molar-refractivity contribution in [1.29, 1.82) is 0 Å². The predicted molar refractivity (Wildman–Crippen MR) is 66.1 cm³/mol. The monoisotopic (exact) mass is 294 g/mol. The summed E-state index contributed by atoms with van der Waals surface area (Å²) >= 11 is 4.44. The molecule has 19 heavy (non-hydrogen) atoms. The summed E-state index contributed by atoms with van der Waals surface area (Å²) in [5.41, 5.74) is 3.70. The van der Waals surface area contributed by atoms with Gasteiger partial charge in [0, 0.05) is 7.05 Å². The molecule has 10 heteroatoms. The fraction of sp³-hybridized carbons (Fsp3) is 0.222. The Balaban J connectivity index is 3.31. The summed E-state index contributed by atoms with van der Waals surface area (Å²) in [7, 11) is 1.10. The van der Waals surface area contributed by atoms with Crippen LogP contribution in [0.3, 0.4) is 0 Å². The van der Waals surface area contributed by atoms with Gasteiger partial charge in [0.2, 0.25) is 0 Å². The second-order valence-electron chi connectivity index (χ2n) is 3.42. The van der Waals surface area contributed by atoms with Crippen LogP contribution < -0.4 is 16.0 Å². The van der Waals surface area contributed by atoms with Crippen molar-refractivity contribution in [1.82, 2.24) is 4.98 Å². The van der Waals surface area contributed by atoms with Gasteiger partial charge in [-0.1, -0.05) is 0 Å². The van der Waals surface area contributed by atoms with E-state index in [2.05, 4.69) is 22.5 Å². The van der Waals surface area contributed by atoms with Gasteiger partial charge in [0.1, 0.15) is 11.4 Å². The minimum Gasteiger partial charge on any atom is -0.465 e. The van der Waals surface area contributed by atoms with Crippen molar-refractivity contribution < 1.29 is 23.1 Å². The molecule has 1 aromatic rings. The first-order valence-electron chi connectivity index (χ1n) is 4.73. The van der Waals surface area contributed by atoms with Crippen LogP contribution in [0.2, 0.25) is 0 Å². The number of carboxylic acid groups (broad SMARTS) is 1. The topological polar surface area (TPSA) is 91.5 Å². The molecular weight excluding hydrogens is 285 g/mol. The van der Waals surface area contributed by atoms with Crippen LogP contribution in [0.25, 0.3) is 0 Å². The van der Waals surface area contributed by atoms with Crippen LogP contribution in [0.1, 0.15) is 5.56 Å². The molecule has 4 N–H and O–H groups in total. The lowest BCUT2D eigenvalue weighted by molar-refractivity contribution is -0.137.